The van der Waals surface area contributed by atoms with E-state index in [-0.39, 0.29) is 6.04 Å². The maximum atomic E-state index is 5.66. The molecule has 2 rings (SSSR count). The fraction of sp³-hybridized carbons (Fsp3) is 0.455. The number of hydrogen-bond acceptors (Lipinski definition) is 4. The third-order valence-corrected chi connectivity index (χ3v) is 2.30. The lowest BCUT2D eigenvalue weighted by atomic mass is 10.2. The minimum atomic E-state index is 0.228. The number of ether oxygens (including phenoxy) is 2. The molecule has 0 radical (unpaired) electrons. The highest BCUT2D eigenvalue weighted by molar-refractivity contribution is 5.55. The van der Waals surface area contributed by atoms with Crippen LogP contribution in [0.1, 0.15) is 13.3 Å². The largest absolute Gasteiger partial charge is 0.454 e. The van der Waals surface area contributed by atoms with E-state index in [9.17, 15) is 0 Å². The summed E-state index contributed by atoms with van der Waals surface area (Å²) in [6.45, 7) is 3.19. The van der Waals surface area contributed by atoms with E-state index in [0.717, 1.165) is 30.2 Å². The van der Waals surface area contributed by atoms with Crippen LogP contribution in [0.2, 0.25) is 0 Å². The van der Waals surface area contributed by atoms with Crippen molar-refractivity contribution in [2.75, 3.05) is 18.7 Å². The van der Waals surface area contributed by atoms with Gasteiger partial charge in [0.2, 0.25) is 6.79 Å². The molecule has 4 heteroatoms. The second-order valence-electron chi connectivity index (χ2n) is 3.76. The third kappa shape index (κ3) is 2.53. The minimum absolute atomic E-state index is 0.228. The summed E-state index contributed by atoms with van der Waals surface area (Å²) < 4.78 is 10.5. The van der Waals surface area contributed by atoms with Crippen molar-refractivity contribution in [3.63, 3.8) is 0 Å². The zero-order valence-corrected chi connectivity index (χ0v) is 8.82. The van der Waals surface area contributed by atoms with Crippen LogP contribution in [0.3, 0.4) is 0 Å². The molecule has 4 nitrogen and oxygen atoms in total. The Balaban J connectivity index is 1.92. The molecule has 0 amide bonds. The van der Waals surface area contributed by atoms with Crippen LogP contribution in [0.25, 0.3) is 0 Å². The molecule has 1 atom stereocenters. The number of hydrogen-bond donors (Lipinski definition) is 2. The molecule has 1 aromatic carbocycles. The summed E-state index contributed by atoms with van der Waals surface area (Å²) in [5.74, 6) is 1.62. The Morgan fingerprint density at radius 3 is 3.00 bits per heavy atom. The van der Waals surface area contributed by atoms with E-state index in [1.54, 1.807) is 0 Å². The normalized spacial score (nSPS) is 15.1. The Morgan fingerprint density at radius 1 is 1.40 bits per heavy atom. The first kappa shape index (κ1) is 10.1. The first-order valence-electron chi connectivity index (χ1n) is 5.15. The number of rotatable bonds is 4. The molecular formula is C11H16N2O2. The topological polar surface area (TPSA) is 56.5 Å². The summed E-state index contributed by atoms with van der Waals surface area (Å²) in [7, 11) is 0. The second kappa shape index (κ2) is 4.40. The molecular weight excluding hydrogens is 192 g/mol. The number of nitrogens with one attached hydrogen (secondary N) is 1. The summed E-state index contributed by atoms with van der Waals surface area (Å²) >= 11 is 0. The van der Waals surface area contributed by atoms with Crippen molar-refractivity contribution >= 4 is 5.69 Å². The zero-order valence-electron chi connectivity index (χ0n) is 8.82. The third-order valence-electron chi connectivity index (χ3n) is 2.30. The Labute approximate surface area is 89.4 Å². The van der Waals surface area contributed by atoms with E-state index in [1.807, 2.05) is 25.1 Å². The van der Waals surface area contributed by atoms with E-state index in [1.165, 1.54) is 0 Å². The lowest BCUT2D eigenvalue weighted by Gasteiger charge is -2.08. The van der Waals surface area contributed by atoms with Gasteiger partial charge in [-0.05, 0) is 25.5 Å². The maximum absolute atomic E-state index is 5.66. The van der Waals surface area contributed by atoms with E-state index in [4.69, 9.17) is 15.2 Å². The zero-order chi connectivity index (χ0) is 10.7. The maximum Gasteiger partial charge on any atom is 0.231 e. The van der Waals surface area contributed by atoms with Crippen LogP contribution in [-0.2, 0) is 0 Å². The van der Waals surface area contributed by atoms with Gasteiger partial charge in [-0.25, -0.2) is 0 Å². The van der Waals surface area contributed by atoms with Gasteiger partial charge < -0.3 is 20.5 Å². The summed E-state index contributed by atoms with van der Waals surface area (Å²) in [5, 5.41) is 3.29. The first-order valence-corrected chi connectivity index (χ1v) is 5.15. The van der Waals surface area contributed by atoms with Gasteiger partial charge in [0, 0.05) is 24.3 Å². The number of nitrogens with two attached hydrogens (primary N) is 1. The predicted molar refractivity (Wildman–Crippen MR) is 59.3 cm³/mol. The summed E-state index contributed by atoms with van der Waals surface area (Å²) in [5.41, 5.74) is 6.70. The monoisotopic (exact) mass is 208 g/mol. The van der Waals surface area contributed by atoms with Gasteiger partial charge in [-0.1, -0.05) is 0 Å². The fourth-order valence-electron chi connectivity index (χ4n) is 1.45. The van der Waals surface area contributed by atoms with Gasteiger partial charge in [0.1, 0.15) is 0 Å². The highest BCUT2D eigenvalue weighted by Crippen LogP contribution is 2.34. The van der Waals surface area contributed by atoms with Gasteiger partial charge in [0.25, 0.3) is 0 Å². The Hall–Kier alpha value is -1.42. The molecule has 0 saturated carbocycles. The fourth-order valence-corrected chi connectivity index (χ4v) is 1.45. The minimum Gasteiger partial charge on any atom is -0.454 e. The van der Waals surface area contributed by atoms with Gasteiger partial charge in [0.05, 0.1) is 0 Å². The Bertz CT molecular complexity index is 339. The van der Waals surface area contributed by atoms with E-state index in [2.05, 4.69) is 5.32 Å². The van der Waals surface area contributed by atoms with Crippen LogP contribution in [0.4, 0.5) is 5.69 Å². The summed E-state index contributed by atoms with van der Waals surface area (Å²) in [6, 6.07) is 6.07. The van der Waals surface area contributed by atoms with Crippen LogP contribution >= 0.6 is 0 Å². The number of fused-ring (bicyclic) bond motifs is 1. The van der Waals surface area contributed by atoms with E-state index < -0.39 is 0 Å². The first-order chi connectivity index (χ1) is 7.25. The average molecular weight is 208 g/mol. The van der Waals surface area contributed by atoms with Gasteiger partial charge >= 0.3 is 0 Å². The van der Waals surface area contributed by atoms with Crippen LogP contribution in [0, 0.1) is 0 Å². The van der Waals surface area contributed by atoms with Crippen LogP contribution in [-0.4, -0.2) is 19.4 Å². The molecule has 1 heterocycles. The quantitative estimate of drug-likeness (QED) is 0.788. The van der Waals surface area contributed by atoms with Crippen LogP contribution < -0.4 is 20.5 Å². The molecule has 0 fully saturated rings. The second-order valence-corrected chi connectivity index (χ2v) is 3.76. The summed E-state index contributed by atoms with van der Waals surface area (Å²) in [6.07, 6.45) is 0.953. The van der Waals surface area contributed by atoms with E-state index in [0.29, 0.717) is 6.79 Å². The predicted octanol–water partition coefficient (Wildman–Crippen LogP) is 1.56. The van der Waals surface area contributed by atoms with Crippen molar-refractivity contribution in [3.05, 3.63) is 18.2 Å². The van der Waals surface area contributed by atoms with Crippen LogP contribution in [0.5, 0.6) is 11.5 Å². The van der Waals surface area contributed by atoms with Gasteiger partial charge in [-0.3, -0.25) is 0 Å². The molecule has 0 saturated heterocycles. The van der Waals surface area contributed by atoms with Crippen molar-refractivity contribution in [3.8, 4) is 11.5 Å². The van der Waals surface area contributed by atoms with Gasteiger partial charge in [-0.15, -0.1) is 0 Å². The smallest absolute Gasteiger partial charge is 0.231 e. The van der Waals surface area contributed by atoms with Crippen molar-refractivity contribution in [2.45, 2.75) is 19.4 Å². The van der Waals surface area contributed by atoms with Crippen molar-refractivity contribution < 1.29 is 9.47 Å². The standard InChI is InChI=1S/C11H16N2O2/c1-8(12)4-5-13-9-2-3-10-11(6-9)15-7-14-10/h2-3,6,8,13H,4-5,7,12H2,1H3. The highest BCUT2D eigenvalue weighted by Gasteiger charge is 2.12. The highest BCUT2D eigenvalue weighted by atomic mass is 16.7. The van der Waals surface area contributed by atoms with Crippen molar-refractivity contribution in [2.24, 2.45) is 5.73 Å². The molecule has 0 bridgehead atoms. The summed E-state index contributed by atoms with van der Waals surface area (Å²) in [4.78, 5) is 0. The molecule has 1 aliphatic rings. The Morgan fingerprint density at radius 2 is 2.20 bits per heavy atom. The SMILES string of the molecule is CC(N)CCNc1ccc2c(c1)OCO2. The van der Waals surface area contributed by atoms with Crippen molar-refractivity contribution in [1.29, 1.82) is 0 Å². The van der Waals surface area contributed by atoms with Gasteiger partial charge in [0.15, 0.2) is 11.5 Å². The number of anilines is 1. The molecule has 15 heavy (non-hydrogen) atoms. The van der Waals surface area contributed by atoms with Gasteiger partial charge in [-0.2, -0.15) is 0 Å². The van der Waals surface area contributed by atoms with Crippen LogP contribution in [0.15, 0.2) is 18.2 Å². The lowest BCUT2D eigenvalue weighted by molar-refractivity contribution is 0.174. The number of benzene rings is 1. The molecule has 1 aromatic rings. The van der Waals surface area contributed by atoms with E-state index >= 15 is 0 Å². The molecule has 1 unspecified atom stereocenters. The molecule has 0 aliphatic carbocycles. The molecule has 0 spiro atoms. The Kier molecular flexibility index (Phi) is 2.97. The lowest BCUT2D eigenvalue weighted by Crippen LogP contribution is -2.19. The molecule has 1 aliphatic heterocycles. The average Bonchev–Trinajstić information content (AvgIpc) is 2.64. The molecule has 0 aromatic heterocycles. The molecule has 3 N–H and O–H groups in total. The molecule has 82 valence electrons. The van der Waals surface area contributed by atoms with Crippen molar-refractivity contribution in [1.82, 2.24) is 0 Å².